The number of anilines is 1. The molecule has 132 valence electrons. The number of aromatic nitrogens is 1. The number of benzene rings is 2. The molecule has 1 amide bonds. The second kappa shape index (κ2) is 7.59. The molecule has 3 aromatic rings. The van der Waals surface area contributed by atoms with Gasteiger partial charge in [-0.15, -0.1) is 0 Å². The highest BCUT2D eigenvalue weighted by Crippen LogP contribution is 2.30. The van der Waals surface area contributed by atoms with E-state index < -0.39 is 5.91 Å². The lowest BCUT2D eigenvalue weighted by Crippen LogP contribution is -2.13. The number of amides is 1. The zero-order valence-electron chi connectivity index (χ0n) is 13.5. The van der Waals surface area contributed by atoms with E-state index in [1.54, 1.807) is 49.4 Å². The van der Waals surface area contributed by atoms with Gasteiger partial charge >= 0.3 is 0 Å². The molecule has 0 spiro atoms. The van der Waals surface area contributed by atoms with Crippen molar-refractivity contribution < 1.29 is 14.5 Å². The molecule has 1 aromatic heterocycles. The number of halogens is 2. The first-order valence-corrected chi connectivity index (χ1v) is 8.26. The molecule has 0 fully saturated rings. The van der Waals surface area contributed by atoms with Crippen LogP contribution in [0.5, 0.6) is 0 Å². The largest absolute Gasteiger partial charge is 0.411 e. The van der Waals surface area contributed by atoms with Gasteiger partial charge in [0.1, 0.15) is 17.5 Å². The number of nitrogens with one attached hydrogen (secondary N) is 1. The summed E-state index contributed by atoms with van der Waals surface area (Å²) in [5.41, 5.74) is 2.49. The van der Waals surface area contributed by atoms with Crippen LogP contribution in [0, 0.1) is 0 Å². The van der Waals surface area contributed by atoms with Gasteiger partial charge in [-0.2, -0.15) is 0 Å². The third-order valence-electron chi connectivity index (χ3n) is 3.73. The first-order valence-electron chi connectivity index (χ1n) is 7.50. The number of nitrogens with zero attached hydrogens (tertiary/aromatic N) is 2. The Morgan fingerprint density at radius 2 is 1.96 bits per heavy atom. The molecular formula is C18H13Cl2N3O3. The van der Waals surface area contributed by atoms with Crippen molar-refractivity contribution in [3.63, 3.8) is 0 Å². The number of oxime groups is 1. The zero-order chi connectivity index (χ0) is 18.7. The van der Waals surface area contributed by atoms with E-state index in [0.717, 1.165) is 0 Å². The van der Waals surface area contributed by atoms with E-state index in [1.807, 2.05) is 0 Å². The van der Waals surface area contributed by atoms with Gasteiger partial charge in [0.2, 0.25) is 0 Å². The number of carbonyl (C=O) groups is 1. The SMILES string of the molecule is CC(=NO)c1ccc(Cl)c(NC(=O)c2conc2-c2ccccc2Cl)c1. The molecule has 6 nitrogen and oxygen atoms in total. The van der Waals surface area contributed by atoms with Gasteiger partial charge in [-0.3, -0.25) is 4.79 Å². The van der Waals surface area contributed by atoms with Crippen LogP contribution in [0.4, 0.5) is 5.69 Å². The molecule has 0 radical (unpaired) electrons. The van der Waals surface area contributed by atoms with Crippen molar-refractivity contribution in [3.05, 3.63) is 69.9 Å². The van der Waals surface area contributed by atoms with Crippen LogP contribution in [-0.2, 0) is 0 Å². The molecule has 0 aliphatic heterocycles. The number of hydrogen-bond donors (Lipinski definition) is 2. The predicted octanol–water partition coefficient (Wildman–Crippen LogP) is 5.10. The minimum absolute atomic E-state index is 0.215. The summed E-state index contributed by atoms with van der Waals surface area (Å²) in [5, 5.41) is 19.4. The summed E-state index contributed by atoms with van der Waals surface area (Å²) in [6.45, 7) is 1.63. The lowest BCUT2D eigenvalue weighted by molar-refractivity contribution is 0.102. The van der Waals surface area contributed by atoms with Crippen LogP contribution < -0.4 is 5.32 Å². The first-order chi connectivity index (χ1) is 12.5. The highest BCUT2D eigenvalue weighted by atomic mass is 35.5. The molecule has 0 unspecified atom stereocenters. The van der Waals surface area contributed by atoms with Crippen molar-refractivity contribution in [2.24, 2.45) is 5.16 Å². The van der Waals surface area contributed by atoms with Crippen LogP contribution >= 0.6 is 23.2 Å². The topological polar surface area (TPSA) is 87.7 Å². The first kappa shape index (κ1) is 18.0. The van der Waals surface area contributed by atoms with Gasteiger partial charge in [-0.25, -0.2) is 0 Å². The molecule has 0 saturated carbocycles. The maximum absolute atomic E-state index is 12.7. The number of carbonyl (C=O) groups excluding carboxylic acids is 1. The molecular weight excluding hydrogens is 377 g/mol. The van der Waals surface area contributed by atoms with Crippen LogP contribution in [0.15, 0.2) is 58.4 Å². The Morgan fingerprint density at radius 3 is 2.69 bits per heavy atom. The van der Waals surface area contributed by atoms with Gasteiger partial charge in [0.25, 0.3) is 5.91 Å². The maximum Gasteiger partial charge on any atom is 0.261 e. The van der Waals surface area contributed by atoms with E-state index in [4.69, 9.17) is 32.9 Å². The van der Waals surface area contributed by atoms with E-state index in [-0.39, 0.29) is 5.56 Å². The Bertz CT molecular complexity index is 999. The molecule has 3 rings (SSSR count). The molecule has 0 saturated heterocycles. The highest BCUT2D eigenvalue weighted by Gasteiger charge is 2.20. The monoisotopic (exact) mass is 389 g/mol. The lowest BCUT2D eigenvalue weighted by atomic mass is 10.1. The molecule has 0 bridgehead atoms. The molecule has 26 heavy (non-hydrogen) atoms. The smallest absolute Gasteiger partial charge is 0.261 e. The summed E-state index contributed by atoms with van der Waals surface area (Å²) in [5.74, 6) is -0.459. The van der Waals surface area contributed by atoms with E-state index in [0.29, 0.717) is 38.3 Å². The Morgan fingerprint density at radius 1 is 1.19 bits per heavy atom. The summed E-state index contributed by atoms with van der Waals surface area (Å²) in [6, 6.07) is 11.9. The van der Waals surface area contributed by atoms with Crippen molar-refractivity contribution in [3.8, 4) is 11.3 Å². The van der Waals surface area contributed by atoms with Gasteiger partial charge in [-0.05, 0) is 25.1 Å². The van der Waals surface area contributed by atoms with Crippen LogP contribution in [0.3, 0.4) is 0 Å². The normalized spacial score (nSPS) is 11.4. The van der Waals surface area contributed by atoms with Crippen molar-refractivity contribution in [1.82, 2.24) is 5.16 Å². The van der Waals surface area contributed by atoms with Gasteiger partial charge in [0.05, 0.1) is 21.4 Å². The second-order valence-corrected chi connectivity index (χ2v) is 6.21. The molecule has 2 N–H and O–H groups in total. The summed E-state index contributed by atoms with van der Waals surface area (Å²) in [7, 11) is 0. The zero-order valence-corrected chi connectivity index (χ0v) is 15.0. The summed E-state index contributed by atoms with van der Waals surface area (Å²) >= 11 is 12.3. The third-order valence-corrected chi connectivity index (χ3v) is 4.38. The van der Waals surface area contributed by atoms with Gasteiger partial charge in [0, 0.05) is 11.1 Å². The fourth-order valence-electron chi connectivity index (χ4n) is 2.34. The van der Waals surface area contributed by atoms with Crippen molar-refractivity contribution in [2.45, 2.75) is 6.92 Å². The van der Waals surface area contributed by atoms with E-state index in [1.165, 1.54) is 6.26 Å². The maximum atomic E-state index is 12.7. The molecule has 2 aromatic carbocycles. The fourth-order valence-corrected chi connectivity index (χ4v) is 2.73. The van der Waals surface area contributed by atoms with Gasteiger partial charge in [0.15, 0.2) is 0 Å². The van der Waals surface area contributed by atoms with E-state index in [2.05, 4.69) is 15.6 Å². The van der Waals surface area contributed by atoms with Crippen LogP contribution in [0.1, 0.15) is 22.8 Å². The Labute approximate surface area is 159 Å². The molecule has 0 aliphatic carbocycles. The Hall–Kier alpha value is -2.83. The molecule has 0 aliphatic rings. The van der Waals surface area contributed by atoms with Crippen molar-refractivity contribution in [2.75, 3.05) is 5.32 Å². The Kier molecular flexibility index (Phi) is 5.25. The fraction of sp³-hybridized carbons (Fsp3) is 0.0556. The molecule has 1 heterocycles. The minimum Gasteiger partial charge on any atom is -0.411 e. The average molecular weight is 390 g/mol. The standard InChI is InChI=1S/C18H13Cl2N3O3/c1-10(22-25)11-6-7-15(20)16(8-11)21-18(24)13-9-26-23-17(13)12-4-2-3-5-14(12)19/h2-9,25H,1H3,(H,21,24). The minimum atomic E-state index is -0.459. The quantitative estimate of drug-likeness (QED) is 0.369. The second-order valence-electron chi connectivity index (χ2n) is 5.39. The van der Waals surface area contributed by atoms with Crippen molar-refractivity contribution >= 4 is 40.5 Å². The number of rotatable bonds is 4. The van der Waals surface area contributed by atoms with E-state index in [9.17, 15) is 4.79 Å². The molecule has 0 atom stereocenters. The summed E-state index contributed by atoms with van der Waals surface area (Å²) < 4.78 is 4.97. The highest BCUT2D eigenvalue weighted by molar-refractivity contribution is 6.34. The Balaban J connectivity index is 1.94. The average Bonchev–Trinajstić information content (AvgIpc) is 3.13. The van der Waals surface area contributed by atoms with Crippen LogP contribution in [0.2, 0.25) is 10.0 Å². The van der Waals surface area contributed by atoms with Crippen LogP contribution in [0.25, 0.3) is 11.3 Å². The van der Waals surface area contributed by atoms with Gasteiger partial charge in [-0.1, -0.05) is 57.8 Å². The summed E-state index contributed by atoms with van der Waals surface area (Å²) in [4.78, 5) is 12.7. The third kappa shape index (κ3) is 3.56. The molecule has 8 heteroatoms. The van der Waals surface area contributed by atoms with Crippen molar-refractivity contribution in [1.29, 1.82) is 0 Å². The van der Waals surface area contributed by atoms with E-state index >= 15 is 0 Å². The summed E-state index contributed by atoms with van der Waals surface area (Å²) in [6.07, 6.45) is 1.24. The van der Waals surface area contributed by atoms with Crippen LogP contribution in [-0.4, -0.2) is 22.0 Å². The predicted molar refractivity (Wildman–Crippen MR) is 100 cm³/mol. The number of hydrogen-bond acceptors (Lipinski definition) is 5. The van der Waals surface area contributed by atoms with Gasteiger partial charge < -0.3 is 15.0 Å². The lowest BCUT2D eigenvalue weighted by Gasteiger charge is -2.09.